The Hall–Kier alpha value is -2.04. The van der Waals surface area contributed by atoms with E-state index < -0.39 is 0 Å². The number of carbonyl (C=O) groups is 2. The summed E-state index contributed by atoms with van der Waals surface area (Å²) in [5, 5.41) is 9.02. The van der Waals surface area contributed by atoms with Crippen molar-refractivity contribution in [2.75, 3.05) is 19.6 Å². The summed E-state index contributed by atoms with van der Waals surface area (Å²) in [6.45, 7) is 4.35. The molecule has 2 fully saturated rings. The molecule has 2 aliphatic carbocycles. The van der Waals surface area contributed by atoms with Crippen LogP contribution in [0.5, 0.6) is 0 Å². The molecule has 3 N–H and O–H groups in total. The van der Waals surface area contributed by atoms with E-state index in [1.54, 1.807) is 0 Å². The number of amides is 3. The van der Waals surface area contributed by atoms with Crippen molar-refractivity contribution in [3.05, 3.63) is 35.4 Å². The molecule has 3 amide bonds. The third-order valence-electron chi connectivity index (χ3n) is 5.63. The van der Waals surface area contributed by atoms with Crippen molar-refractivity contribution >= 4 is 11.9 Å². The van der Waals surface area contributed by atoms with Crippen LogP contribution in [0.15, 0.2) is 24.3 Å². The normalized spacial score (nSPS) is 22.5. The first-order valence-corrected chi connectivity index (χ1v) is 9.96. The molecule has 2 aliphatic rings. The first-order chi connectivity index (χ1) is 12.6. The summed E-state index contributed by atoms with van der Waals surface area (Å²) in [7, 11) is 0. The Morgan fingerprint density at radius 3 is 1.65 bits per heavy atom. The fraction of sp³-hybridized carbons (Fsp3) is 0.619. The van der Waals surface area contributed by atoms with Crippen molar-refractivity contribution in [2.45, 2.75) is 45.4 Å². The maximum absolute atomic E-state index is 12.2. The molecule has 26 heavy (non-hydrogen) atoms. The lowest BCUT2D eigenvalue weighted by molar-refractivity contribution is 0.0941. The molecule has 0 bridgehead atoms. The summed E-state index contributed by atoms with van der Waals surface area (Å²) < 4.78 is 0. The van der Waals surface area contributed by atoms with Gasteiger partial charge in [-0.05, 0) is 75.3 Å². The zero-order valence-corrected chi connectivity index (χ0v) is 15.7. The molecule has 142 valence electrons. The Morgan fingerprint density at radius 2 is 1.19 bits per heavy atom. The van der Waals surface area contributed by atoms with E-state index in [1.807, 2.05) is 31.2 Å². The van der Waals surface area contributed by atoms with Gasteiger partial charge in [0.05, 0.1) is 0 Å². The molecule has 1 aromatic carbocycles. The number of benzene rings is 1. The molecule has 1 aromatic rings. The van der Waals surface area contributed by atoms with Gasteiger partial charge in [0, 0.05) is 25.2 Å². The van der Waals surface area contributed by atoms with Crippen molar-refractivity contribution in [3.63, 3.8) is 0 Å². The number of aryl methyl sites for hydroxylation is 1. The van der Waals surface area contributed by atoms with Gasteiger partial charge in [0.2, 0.25) is 0 Å². The van der Waals surface area contributed by atoms with Crippen LogP contribution in [0, 0.1) is 24.7 Å². The quantitative estimate of drug-likeness (QED) is 0.701. The van der Waals surface area contributed by atoms with E-state index in [1.165, 1.54) is 12.8 Å². The van der Waals surface area contributed by atoms with Gasteiger partial charge in [-0.2, -0.15) is 0 Å². The first kappa shape index (κ1) is 18.7. The second kappa shape index (κ2) is 9.06. The average molecular weight is 357 g/mol. The topological polar surface area (TPSA) is 70.2 Å². The van der Waals surface area contributed by atoms with E-state index in [9.17, 15) is 9.59 Å². The van der Waals surface area contributed by atoms with E-state index >= 15 is 0 Å². The van der Waals surface area contributed by atoms with Crippen LogP contribution in [0.1, 0.15) is 54.4 Å². The van der Waals surface area contributed by atoms with Gasteiger partial charge in [0.15, 0.2) is 0 Å². The van der Waals surface area contributed by atoms with Gasteiger partial charge in [-0.15, -0.1) is 0 Å². The highest BCUT2D eigenvalue weighted by molar-refractivity contribution is 5.94. The van der Waals surface area contributed by atoms with E-state index in [-0.39, 0.29) is 11.9 Å². The summed E-state index contributed by atoms with van der Waals surface area (Å²) in [4.78, 5) is 23.9. The highest BCUT2D eigenvalue weighted by Gasteiger charge is 2.23. The lowest BCUT2D eigenvalue weighted by Gasteiger charge is -2.28. The van der Waals surface area contributed by atoms with Crippen molar-refractivity contribution in [2.24, 2.45) is 17.8 Å². The van der Waals surface area contributed by atoms with Crippen LogP contribution in [0.3, 0.4) is 0 Å². The van der Waals surface area contributed by atoms with Gasteiger partial charge < -0.3 is 16.0 Å². The standard InChI is InChI=1S/C21H31N3O2/c1-15-2-10-19(11-3-15)20(25)22-12-16-4-6-17(7-5-16)13-23-21(26)24-14-18-8-9-18/h2-3,10-11,16-18H,4-9,12-14H2,1H3,(H,22,25)(H2,23,24,26). The second-order valence-corrected chi connectivity index (χ2v) is 8.00. The molecule has 3 rings (SSSR count). The number of urea groups is 1. The molecule has 0 atom stereocenters. The zero-order chi connectivity index (χ0) is 18.4. The lowest BCUT2D eigenvalue weighted by Crippen LogP contribution is -2.40. The number of nitrogens with one attached hydrogen (secondary N) is 3. The molecule has 5 heteroatoms. The van der Waals surface area contributed by atoms with E-state index in [4.69, 9.17) is 0 Å². The number of rotatable bonds is 7. The molecule has 0 saturated heterocycles. The first-order valence-electron chi connectivity index (χ1n) is 9.96. The molecule has 0 aliphatic heterocycles. The Morgan fingerprint density at radius 1 is 0.769 bits per heavy atom. The van der Waals surface area contributed by atoms with Gasteiger partial charge in [0.25, 0.3) is 5.91 Å². The maximum atomic E-state index is 12.2. The third kappa shape index (κ3) is 6.04. The van der Waals surface area contributed by atoms with Gasteiger partial charge in [-0.3, -0.25) is 4.79 Å². The Bertz CT molecular complexity index is 602. The van der Waals surface area contributed by atoms with E-state index in [2.05, 4.69) is 16.0 Å². The fourth-order valence-electron chi connectivity index (χ4n) is 3.54. The minimum absolute atomic E-state index is 0.0149. The lowest BCUT2D eigenvalue weighted by atomic mass is 9.82. The molecular weight excluding hydrogens is 326 g/mol. The van der Waals surface area contributed by atoms with Crippen LogP contribution in [0.4, 0.5) is 4.79 Å². The number of carbonyl (C=O) groups excluding carboxylic acids is 2. The Labute approximate surface area is 156 Å². The molecule has 5 nitrogen and oxygen atoms in total. The van der Waals surface area contributed by atoms with Crippen LogP contribution in [-0.2, 0) is 0 Å². The van der Waals surface area contributed by atoms with Crippen LogP contribution < -0.4 is 16.0 Å². The maximum Gasteiger partial charge on any atom is 0.314 e. The molecule has 0 spiro atoms. The second-order valence-electron chi connectivity index (χ2n) is 8.00. The third-order valence-corrected chi connectivity index (χ3v) is 5.63. The summed E-state index contributed by atoms with van der Waals surface area (Å²) in [6.07, 6.45) is 6.98. The molecule has 0 unspecified atom stereocenters. The largest absolute Gasteiger partial charge is 0.352 e. The van der Waals surface area contributed by atoms with Crippen LogP contribution in [0.25, 0.3) is 0 Å². The molecule has 0 aromatic heterocycles. The van der Waals surface area contributed by atoms with Gasteiger partial charge in [0.1, 0.15) is 0 Å². The minimum atomic E-state index is -0.0237. The van der Waals surface area contributed by atoms with Crippen molar-refractivity contribution < 1.29 is 9.59 Å². The van der Waals surface area contributed by atoms with Gasteiger partial charge in [-0.1, -0.05) is 17.7 Å². The van der Waals surface area contributed by atoms with Crippen molar-refractivity contribution in [1.29, 1.82) is 0 Å². The van der Waals surface area contributed by atoms with Gasteiger partial charge in [-0.25, -0.2) is 4.79 Å². The van der Waals surface area contributed by atoms with Crippen LogP contribution in [-0.4, -0.2) is 31.6 Å². The summed E-state index contributed by atoms with van der Waals surface area (Å²) >= 11 is 0. The van der Waals surface area contributed by atoms with E-state index in [0.29, 0.717) is 17.8 Å². The highest BCUT2D eigenvalue weighted by Crippen LogP contribution is 2.28. The molecule has 2 saturated carbocycles. The number of hydrogen-bond acceptors (Lipinski definition) is 2. The molecule has 0 heterocycles. The Kier molecular flexibility index (Phi) is 6.53. The summed E-state index contributed by atoms with van der Waals surface area (Å²) in [5.41, 5.74) is 1.89. The number of hydrogen-bond donors (Lipinski definition) is 3. The van der Waals surface area contributed by atoms with E-state index in [0.717, 1.165) is 56.4 Å². The molecular formula is C21H31N3O2. The predicted octanol–water partition coefficient (Wildman–Crippen LogP) is 3.24. The van der Waals surface area contributed by atoms with Crippen molar-refractivity contribution in [1.82, 2.24) is 16.0 Å². The minimum Gasteiger partial charge on any atom is -0.352 e. The average Bonchev–Trinajstić information content (AvgIpc) is 3.48. The summed E-state index contributed by atoms with van der Waals surface area (Å²) in [5.74, 6) is 1.84. The zero-order valence-electron chi connectivity index (χ0n) is 15.7. The smallest absolute Gasteiger partial charge is 0.314 e. The van der Waals surface area contributed by atoms with Crippen molar-refractivity contribution in [3.8, 4) is 0 Å². The van der Waals surface area contributed by atoms with Crippen LogP contribution in [0.2, 0.25) is 0 Å². The van der Waals surface area contributed by atoms with Gasteiger partial charge >= 0.3 is 6.03 Å². The summed E-state index contributed by atoms with van der Waals surface area (Å²) in [6, 6.07) is 7.66. The van der Waals surface area contributed by atoms with Crippen LogP contribution >= 0.6 is 0 Å². The SMILES string of the molecule is Cc1ccc(C(=O)NCC2CCC(CNC(=O)NCC3CC3)CC2)cc1. The monoisotopic (exact) mass is 357 g/mol. The Balaban J connectivity index is 1.29. The fourth-order valence-corrected chi connectivity index (χ4v) is 3.54. The molecule has 0 radical (unpaired) electrons. The highest BCUT2D eigenvalue weighted by atomic mass is 16.2. The predicted molar refractivity (Wildman–Crippen MR) is 103 cm³/mol.